The Bertz CT molecular complexity index is 2430. The predicted molar refractivity (Wildman–Crippen MR) is 344 cm³/mol. The Morgan fingerprint density at radius 3 is 1.43 bits per heavy atom. The maximum Gasteiger partial charge on any atom is 0.490 e. The van der Waals surface area contributed by atoms with Gasteiger partial charge in [-0.1, -0.05) is 79.6 Å². The van der Waals surface area contributed by atoms with Gasteiger partial charge in [0.25, 0.3) is 0 Å². The molecule has 1 aliphatic heterocycles. The molecule has 29 nitrogen and oxygen atoms in total. The van der Waals surface area contributed by atoms with Gasteiger partial charge >= 0.3 is 18.1 Å². The second-order valence-electron chi connectivity index (χ2n) is 22.3. The molecule has 1 aromatic carbocycles. The fourth-order valence-corrected chi connectivity index (χ4v) is 11.2. The van der Waals surface area contributed by atoms with Crippen molar-refractivity contribution in [3.63, 3.8) is 0 Å². The highest BCUT2D eigenvalue weighted by Gasteiger charge is 2.39. The Kier molecular flexibility index (Phi) is 44.2. The number of aliphatic carboxylic acids is 2. The number of hydrogen-bond acceptors (Lipinski definition) is 20. The molecule has 0 aliphatic carbocycles. The van der Waals surface area contributed by atoms with Crippen molar-refractivity contribution >= 4 is 86.7 Å². The van der Waals surface area contributed by atoms with Crippen LogP contribution in [0.1, 0.15) is 136 Å². The Morgan fingerprint density at radius 2 is 0.978 bits per heavy atom. The van der Waals surface area contributed by atoms with Crippen molar-refractivity contribution in [2.75, 3.05) is 44.2 Å². The number of aliphatic hydroxyl groups is 1. The summed E-state index contributed by atoms with van der Waals surface area (Å²) in [5.74, 6) is -12.3. The van der Waals surface area contributed by atoms with E-state index in [1.54, 1.807) is 30.3 Å². The van der Waals surface area contributed by atoms with Crippen LogP contribution in [0.15, 0.2) is 30.3 Å². The lowest BCUT2D eigenvalue weighted by Crippen LogP contribution is -2.61. The van der Waals surface area contributed by atoms with E-state index < -0.39 is 138 Å². The van der Waals surface area contributed by atoms with Crippen LogP contribution < -0.4 is 82.3 Å². The standard InChI is InChI=1S/C55H97N15O12S2.C2HF3O2.CH4/c1-33(2)29-41-51(77)63-37(20-8-13-25-57)47(73)62-39(22-10-15-27-59)50(76)69-44(55(81)82)32-84-83-31-43(53(79)64-38(21-9-14-26-58)48(74)67-42(52(78)66-41)30-35-17-5-4-6-18-35)68-49(75)40(23-11-16-28-60)65-54(80)45(34(3)71)70-46(72)36(61)19-7-12-24-56;3-2(4,5)1(6)7;/h4-6,17-18,33-34,36-45,71H,7-16,19-32,56-61H2,1-3H3,(H,62,73)(H,63,77)(H,64,79)(H,65,80)(H,66,78)(H,67,74)(H,68,75)(H,69,76)(H,70,72)(H,81,82);(H,6,7);1H4/t34-,36+,37+,38+,39+,40+,41+,42+,43+,44+,45+;;/m1../s1. The average molecular weight is 1350 g/mol. The Balaban J connectivity index is 0.00000973. The summed E-state index contributed by atoms with van der Waals surface area (Å²) in [5, 5.41) is 52.2. The molecule has 1 saturated heterocycles. The molecule has 1 fully saturated rings. The first-order chi connectivity index (χ1) is 43.0. The van der Waals surface area contributed by atoms with Crippen LogP contribution in [0.3, 0.4) is 0 Å². The van der Waals surface area contributed by atoms with E-state index in [0.717, 1.165) is 21.6 Å². The van der Waals surface area contributed by atoms with Gasteiger partial charge in [0.2, 0.25) is 53.2 Å². The number of hydrogen-bond donors (Lipinski definition) is 18. The monoisotopic (exact) mass is 1350 g/mol. The van der Waals surface area contributed by atoms with Crippen molar-refractivity contribution < 1.29 is 81.2 Å². The Hall–Kier alpha value is -6.40. The van der Waals surface area contributed by atoms with Gasteiger partial charge in [0.05, 0.1) is 12.1 Å². The number of nitrogens with one attached hydrogen (secondary N) is 9. The molecule has 0 saturated carbocycles. The van der Waals surface area contributed by atoms with Crippen molar-refractivity contribution in [2.24, 2.45) is 40.3 Å². The van der Waals surface area contributed by atoms with Gasteiger partial charge in [-0.3, -0.25) is 43.2 Å². The van der Waals surface area contributed by atoms with E-state index in [2.05, 4.69) is 47.9 Å². The number of carbonyl (C=O) groups excluding carboxylic acids is 9. The minimum Gasteiger partial charge on any atom is -0.480 e. The predicted octanol–water partition coefficient (Wildman–Crippen LogP) is -1.26. The first-order valence-electron chi connectivity index (χ1n) is 30.5. The van der Waals surface area contributed by atoms with Crippen LogP contribution in [0, 0.1) is 5.92 Å². The lowest BCUT2D eigenvalue weighted by atomic mass is 9.99. The van der Waals surface area contributed by atoms with Crippen LogP contribution >= 0.6 is 21.6 Å². The number of alkyl halides is 3. The third-order valence-electron chi connectivity index (χ3n) is 14.0. The fourth-order valence-electron chi connectivity index (χ4n) is 8.87. The zero-order valence-corrected chi connectivity index (χ0v) is 53.7. The molecule has 9 amide bonds. The van der Waals surface area contributed by atoms with Crippen molar-refractivity contribution in [1.29, 1.82) is 0 Å². The molecule has 1 aliphatic rings. The molecule has 24 N–H and O–H groups in total. The van der Waals surface area contributed by atoms with Crippen LogP contribution in [0.2, 0.25) is 0 Å². The molecule has 2 rings (SSSR count). The summed E-state index contributed by atoms with van der Waals surface area (Å²) in [7, 11) is 1.86. The topological polar surface area (TPSA) is 513 Å². The van der Waals surface area contributed by atoms with Gasteiger partial charge < -0.3 is 97.6 Å². The number of carboxylic acids is 2. The van der Waals surface area contributed by atoms with E-state index in [1.807, 2.05) is 13.8 Å². The third-order valence-corrected chi connectivity index (χ3v) is 16.4. The second kappa shape index (κ2) is 47.5. The van der Waals surface area contributed by atoms with Crippen molar-refractivity contribution in [3.8, 4) is 0 Å². The number of carbonyl (C=O) groups is 11. The van der Waals surface area contributed by atoms with Crippen LogP contribution in [-0.2, 0) is 59.2 Å². The highest BCUT2D eigenvalue weighted by Crippen LogP contribution is 2.24. The minimum atomic E-state index is -5.08. The molecule has 1 heterocycles. The van der Waals surface area contributed by atoms with E-state index in [9.17, 15) is 71.3 Å². The van der Waals surface area contributed by atoms with Crippen molar-refractivity contribution in [2.45, 2.75) is 210 Å². The van der Waals surface area contributed by atoms with Crippen LogP contribution in [0.5, 0.6) is 0 Å². The van der Waals surface area contributed by atoms with Crippen LogP contribution in [-0.4, -0.2) is 197 Å². The normalized spacial score (nSPS) is 21.3. The Labute approximate surface area is 544 Å². The average Bonchev–Trinajstić information content (AvgIpc) is 1.07. The van der Waals surface area contributed by atoms with E-state index in [0.29, 0.717) is 76.3 Å². The summed E-state index contributed by atoms with van der Waals surface area (Å²) >= 11 is 0. The Morgan fingerprint density at radius 1 is 0.565 bits per heavy atom. The molecule has 34 heteroatoms. The summed E-state index contributed by atoms with van der Waals surface area (Å²) in [6.07, 6.45) is -1.92. The lowest BCUT2D eigenvalue weighted by molar-refractivity contribution is -0.192. The minimum absolute atomic E-state index is 0. The zero-order valence-electron chi connectivity index (χ0n) is 52.0. The molecule has 0 spiro atoms. The van der Waals surface area contributed by atoms with E-state index in [4.69, 9.17) is 44.3 Å². The van der Waals surface area contributed by atoms with Gasteiger partial charge in [-0.15, -0.1) is 0 Å². The molecule has 526 valence electrons. The molecular formula is C58H102F3N15O14S2. The zero-order chi connectivity index (χ0) is 68.6. The first kappa shape index (κ1) is 85.6. The van der Waals surface area contributed by atoms with Gasteiger partial charge in [-0.2, -0.15) is 13.2 Å². The van der Waals surface area contributed by atoms with E-state index in [1.165, 1.54) is 6.92 Å². The van der Waals surface area contributed by atoms with Crippen LogP contribution in [0.25, 0.3) is 0 Å². The smallest absolute Gasteiger partial charge is 0.480 e. The summed E-state index contributed by atoms with van der Waals surface area (Å²) in [6, 6.07) is -4.82. The maximum absolute atomic E-state index is 14.7. The van der Waals surface area contributed by atoms with Crippen LogP contribution in [0.4, 0.5) is 13.2 Å². The second-order valence-corrected chi connectivity index (χ2v) is 24.8. The summed E-state index contributed by atoms with van der Waals surface area (Å²) in [5.41, 5.74) is 35.5. The molecule has 92 heavy (non-hydrogen) atoms. The molecule has 0 bridgehead atoms. The highest BCUT2D eigenvalue weighted by atomic mass is 33.1. The highest BCUT2D eigenvalue weighted by molar-refractivity contribution is 8.76. The summed E-state index contributed by atoms with van der Waals surface area (Å²) < 4.78 is 31.7. The first-order valence-corrected chi connectivity index (χ1v) is 33.0. The van der Waals surface area contributed by atoms with Gasteiger partial charge in [-0.25, -0.2) is 9.59 Å². The number of benzene rings is 1. The number of halogens is 3. The maximum atomic E-state index is 14.7. The molecule has 0 radical (unpaired) electrons. The molecule has 1 aromatic rings. The number of carboxylic acid groups (broad SMARTS) is 2. The molecule has 0 unspecified atom stereocenters. The van der Waals surface area contributed by atoms with E-state index >= 15 is 0 Å². The fraction of sp³-hybridized carbons (Fsp3) is 0.707. The van der Waals surface area contributed by atoms with Gasteiger partial charge in [0.15, 0.2) is 0 Å². The number of amides is 9. The number of nitrogens with two attached hydrogens (primary N) is 6. The van der Waals surface area contributed by atoms with Crippen molar-refractivity contribution in [3.05, 3.63) is 35.9 Å². The summed E-state index contributed by atoms with van der Waals surface area (Å²) in [4.78, 5) is 150. The van der Waals surface area contributed by atoms with Crippen molar-refractivity contribution in [1.82, 2.24) is 47.9 Å². The molecular weight excluding hydrogens is 1250 g/mol. The quantitative estimate of drug-likeness (QED) is 0.0296. The molecule has 11 atom stereocenters. The largest absolute Gasteiger partial charge is 0.490 e. The lowest BCUT2D eigenvalue weighted by Gasteiger charge is -2.29. The van der Waals surface area contributed by atoms with Gasteiger partial charge in [0.1, 0.15) is 54.4 Å². The van der Waals surface area contributed by atoms with Gasteiger partial charge in [-0.05, 0) is 147 Å². The number of aliphatic hydroxyl groups excluding tert-OH is 1. The number of unbranched alkanes of at least 4 members (excludes halogenated alkanes) is 5. The molecule has 0 aromatic heterocycles. The SMILES string of the molecule is C.CC(C)C[C@@H]1NC(=O)[C@H](Cc2ccccc2)NC(=O)[C@H](CCCCN)NC(=O)[C@@H](NC(=O)[C@H](CCCCN)NC(=O)[C@@H](NC(=O)[C@@H](N)CCCCN)[C@@H](C)O)CSSC[C@@H](C(=O)O)NC(=O)[C@H](CCCCN)NC(=O)[C@H](CCCCN)NC1=O.O=C(O)C(F)(F)F. The number of rotatable bonds is 32. The summed E-state index contributed by atoms with van der Waals surface area (Å²) in [6.45, 7) is 6.30. The third kappa shape index (κ3) is 35.0. The van der Waals surface area contributed by atoms with E-state index in [-0.39, 0.29) is 96.0 Å². The van der Waals surface area contributed by atoms with Gasteiger partial charge in [0, 0.05) is 17.9 Å².